The van der Waals surface area contributed by atoms with Gasteiger partial charge in [-0.2, -0.15) is 5.10 Å². The van der Waals surface area contributed by atoms with Gasteiger partial charge in [0.15, 0.2) is 0 Å². The minimum absolute atomic E-state index is 0.295. The van der Waals surface area contributed by atoms with Crippen LogP contribution in [0.5, 0.6) is 0 Å². The molecule has 0 aliphatic rings. The smallest absolute Gasteiger partial charge is 0.0644 e. The fraction of sp³-hybridized carbons (Fsp3) is 0.812. The second-order valence-corrected chi connectivity index (χ2v) is 5.80. The quantitative estimate of drug-likeness (QED) is 0.795. The summed E-state index contributed by atoms with van der Waals surface area (Å²) in [5.74, 6) is 0.547. The number of aryl methyl sites for hydroxylation is 2. The van der Waals surface area contributed by atoms with E-state index in [2.05, 4.69) is 56.6 Å². The molecule has 0 radical (unpaired) electrons. The lowest BCUT2D eigenvalue weighted by Gasteiger charge is -2.26. The highest BCUT2D eigenvalue weighted by Crippen LogP contribution is 2.22. The largest absolute Gasteiger partial charge is 0.380 e. The van der Waals surface area contributed by atoms with Crippen molar-refractivity contribution in [1.29, 1.82) is 0 Å². The first kappa shape index (κ1) is 17.2. The maximum Gasteiger partial charge on any atom is 0.0644 e. The monoisotopic (exact) mass is 281 g/mol. The van der Waals surface area contributed by atoms with Gasteiger partial charge in [-0.25, -0.2) is 0 Å². The van der Waals surface area contributed by atoms with Crippen LogP contribution < -0.4 is 5.32 Å². The Labute approximate surface area is 123 Å². The van der Waals surface area contributed by atoms with Crippen molar-refractivity contribution < 1.29 is 4.74 Å². The molecular formula is C16H31N3O. The lowest BCUT2D eigenvalue weighted by molar-refractivity contribution is 0.104. The van der Waals surface area contributed by atoms with Gasteiger partial charge in [-0.1, -0.05) is 13.8 Å². The van der Waals surface area contributed by atoms with Crippen LogP contribution in [0.2, 0.25) is 0 Å². The van der Waals surface area contributed by atoms with Gasteiger partial charge in [0, 0.05) is 36.5 Å². The maximum atomic E-state index is 5.60. The summed E-state index contributed by atoms with van der Waals surface area (Å²) in [6, 6.07) is 0.664. The van der Waals surface area contributed by atoms with Crippen molar-refractivity contribution in [2.75, 3.05) is 13.2 Å². The summed E-state index contributed by atoms with van der Waals surface area (Å²) < 4.78 is 7.68. The van der Waals surface area contributed by atoms with Crippen LogP contribution in [0.25, 0.3) is 0 Å². The molecule has 4 heteroatoms. The van der Waals surface area contributed by atoms with E-state index in [4.69, 9.17) is 4.74 Å². The van der Waals surface area contributed by atoms with Crippen molar-refractivity contribution in [2.45, 2.75) is 67.1 Å². The number of hydrogen-bond donors (Lipinski definition) is 1. The minimum Gasteiger partial charge on any atom is -0.380 e. The Morgan fingerprint density at radius 1 is 1.20 bits per heavy atom. The molecule has 0 bridgehead atoms. The number of rotatable bonds is 8. The van der Waals surface area contributed by atoms with Crippen LogP contribution in [0.1, 0.15) is 57.6 Å². The number of ether oxygens (including phenoxy) is 1. The summed E-state index contributed by atoms with van der Waals surface area (Å²) in [6.07, 6.45) is 0. The summed E-state index contributed by atoms with van der Waals surface area (Å²) >= 11 is 0. The highest BCUT2D eigenvalue weighted by molar-refractivity contribution is 5.27. The first-order chi connectivity index (χ1) is 9.42. The topological polar surface area (TPSA) is 39.1 Å². The van der Waals surface area contributed by atoms with Crippen molar-refractivity contribution in [3.63, 3.8) is 0 Å². The fourth-order valence-corrected chi connectivity index (χ4v) is 2.73. The molecule has 0 fully saturated rings. The van der Waals surface area contributed by atoms with Gasteiger partial charge < -0.3 is 10.1 Å². The maximum absolute atomic E-state index is 5.60. The van der Waals surface area contributed by atoms with E-state index in [0.717, 1.165) is 25.5 Å². The molecule has 0 amide bonds. The van der Waals surface area contributed by atoms with Gasteiger partial charge in [0.25, 0.3) is 0 Å². The van der Waals surface area contributed by atoms with Crippen LogP contribution in [-0.2, 0) is 11.3 Å². The van der Waals surface area contributed by atoms with Crippen LogP contribution in [0.4, 0.5) is 0 Å². The number of aromatic nitrogens is 2. The summed E-state index contributed by atoms with van der Waals surface area (Å²) in [5.41, 5.74) is 3.72. The first-order valence-electron chi connectivity index (χ1n) is 7.79. The lowest BCUT2D eigenvalue weighted by atomic mass is 10.0. The molecule has 0 aliphatic carbocycles. The second kappa shape index (κ2) is 7.79. The Balaban J connectivity index is 2.83. The Hall–Kier alpha value is -0.870. The molecule has 2 unspecified atom stereocenters. The summed E-state index contributed by atoms with van der Waals surface area (Å²) in [5, 5.41) is 8.32. The Morgan fingerprint density at radius 3 is 2.30 bits per heavy atom. The predicted molar refractivity (Wildman–Crippen MR) is 84.0 cm³/mol. The summed E-state index contributed by atoms with van der Waals surface area (Å²) in [4.78, 5) is 0. The highest BCUT2D eigenvalue weighted by atomic mass is 16.5. The molecular weight excluding hydrogens is 250 g/mol. The van der Waals surface area contributed by atoms with Crippen LogP contribution in [-0.4, -0.2) is 29.0 Å². The van der Waals surface area contributed by atoms with Gasteiger partial charge in [0.1, 0.15) is 0 Å². The fourth-order valence-electron chi connectivity index (χ4n) is 2.73. The van der Waals surface area contributed by atoms with E-state index in [9.17, 15) is 0 Å². The molecule has 0 spiro atoms. The molecule has 116 valence electrons. The third-order valence-corrected chi connectivity index (χ3v) is 3.94. The molecule has 4 nitrogen and oxygen atoms in total. The molecule has 0 aromatic carbocycles. The van der Waals surface area contributed by atoms with E-state index < -0.39 is 0 Å². The van der Waals surface area contributed by atoms with E-state index in [1.165, 1.54) is 11.3 Å². The molecule has 2 atom stereocenters. The van der Waals surface area contributed by atoms with Crippen molar-refractivity contribution in [2.24, 2.45) is 5.92 Å². The first-order valence-corrected chi connectivity index (χ1v) is 7.79. The van der Waals surface area contributed by atoms with Crippen molar-refractivity contribution >= 4 is 0 Å². The zero-order chi connectivity index (χ0) is 15.3. The van der Waals surface area contributed by atoms with E-state index in [0.29, 0.717) is 18.0 Å². The van der Waals surface area contributed by atoms with E-state index in [1.807, 2.05) is 6.92 Å². The average molecular weight is 281 g/mol. The third-order valence-electron chi connectivity index (χ3n) is 3.94. The molecule has 0 aliphatic heterocycles. The summed E-state index contributed by atoms with van der Waals surface area (Å²) in [7, 11) is 0. The second-order valence-electron chi connectivity index (χ2n) is 5.80. The predicted octanol–water partition coefficient (Wildman–Crippen LogP) is 3.23. The highest BCUT2D eigenvalue weighted by Gasteiger charge is 2.21. The van der Waals surface area contributed by atoms with Crippen LogP contribution in [0, 0.1) is 19.8 Å². The standard InChI is InChI=1S/C16H31N3O/c1-8-19-14(7)16(13(6)18-19)12(5)17-15(11(3)4)10-20-9-2/h11-12,15,17H,8-10H2,1-7H3. The van der Waals surface area contributed by atoms with Crippen molar-refractivity contribution in [1.82, 2.24) is 15.1 Å². The molecule has 1 aromatic rings. The number of hydrogen-bond acceptors (Lipinski definition) is 3. The Kier molecular flexibility index (Phi) is 6.69. The minimum atomic E-state index is 0.295. The zero-order valence-corrected chi connectivity index (χ0v) is 14.2. The van der Waals surface area contributed by atoms with Crippen LogP contribution >= 0.6 is 0 Å². The molecule has 1 heterocycles. The Morgan fingerprint density at radius 2 is 1.85 bits per heavy atom. The average Bonchev–Trinajstić information content (AvgIpc) is 2.68. The Bertz CT molecular complexity index is 412. The zero-order valence-electron chi connectivity index (χ0n) is 14.2. The van der Waals surface area contributed by atoms with Gasteiger partial charge in [0.05, 0.1) is 12.3 Å². The molecule has 1 rings (SSSR count). The van der Waals surface area contributed by atoms with E-state index in [-0.39, 0.29) is 0 Å². The van der Waals surface area contributed by atoms with Gasteiger partial charge >= 0.3 is 0 Å². The van der Waals surface area contributed by atoms with Crippen LogP contribution in [0.3, 0.4) is 0 Å². The molecule has 0 saturated carbocycles. The van der Waals surface area contributed by atoms with Crippen molar-refractivity contribution in [3.05, 3.63) is 17.0 Å². The van der Waals surface area contributed by atoms with E-state index >= 15 is 0 Å². The molecule has 20 heavy (non-hydrogen) atoms. The van der Waals surface area contributed by atoms with E-state index in [1.54, 1.807) is 0 Å². The number of nitrogens with zero attached hydrogens (tertiary/aromatic N) is 2. The SMILES string of the molecule is CCOCC(NC(C)c1c(C)nn(CC)c1C)C(C)C. The van der Waals surface area contributed by atoms with Gasteiger partial charge in [0.2, 0.25) is 0 Å². The van der Waals surface area contributed by atoms with Gasteiger partial charge in [-0.05, 0) is 40.5 Å². The van der Waals surface area contributed by atoms with Crippen LogP contribution in [0.15, 0.2) is 0 Å². The van der Waals surface area contributed by atoms with Crippen molar-refractivity contribution in [3.8, 4) is 0 Å². The number of nitrogens with one attached hydrogen (secondary N) is 1. The lowest BCUT2D eigenvalue weighted by Crippen LogP contribution is -2.39. The molecule has 1 aromatic heterocycles. The molecule has 1 N–H and O–H groups in total. The molecule has 0 saturated heterocycles. The van der Waals surface area contributed by atoms with Gasteiger partial charge in [-0.15, -0.1) is 0 Å². The summed E-state index contributed by atoms with van der Waals surface area (Å²) in [6.45, 7) is 17.6. The normalized spacial score (nSPS) is 14.8. The van der Waals surface area contributed by atoms with Gasteiger partial charge in [-0.3, -0.25) is 4.68 Å². The third kappa shape index (κ3) is 4.06.